The van der Waals surface area contributed by atoms with Crippen LogP contribution in [0, 0.1) is 0 Å². The molecule has 2 N–H and O–H groups in total. The second kappa shape index (κ2) is 5.48. The van der Waals surface area contributed by atoms with E-state index in [2.05, 4.69) is 4.98 Å². The molecular formula is C14H16N2O3. The number of nitrogens with two attached hydrogens (primary N) is 1. The largest absolute Gasteiger partial charge is 0.496 e. The smallest absolute Gasteiger partial charge is 0.134 e. The van der Waals surface area contributed by atoms with E-state index in [0.29, 0.717) is 23.1 Å². The van der Waals surface area contributed by atoms with Crippen molar-refractivity contribution < 1.29 is 14.2 Å². The Labute approximate surface area is 111 Å². The molecule has 0 radical (unpaired) electrons. The molecule has 5 nitrogen and oxygen atoms in total. The third-order valence-corrected chi connectivity index (χ3v) is 2.79. The van der Waals surface area contributed by atoms with Gasteiger partial charge in [-0.05, 0) is 12.1 Å². The van der Waals surface area contributed by atoms with Gasteiger partial charge in [0.25, 0.3) is 0 Å². The van der Waals surface area contributed by atoms with Crippen molar-refractivity contribution in [2.45, 2.75) is 0 Å². The van der Waals surface area contributed by atoms with E-state index in [4.69, 9.17) is 19.9 Å². The van der Waals surface area contributed by atoms with Gasteiger partial charge in [0.1, 0.15) is 23.1 Å². The number of benzene rings is 1. The Morgan fingerprint density at radius 3 is 2.00 bits per heavy atom. The predicted octanol–water partition coefficient (Wildman–Crippen LogP) is 2.36. The number of hydrogen-bond donors (Lipinski definition) is 1. The summed E-state index contributed by atoms with van der Waals surface area (Å²) in [5.41, 5.74) is 7.28. The molecule has 0 aliphatic rings. The Hall–Kier alpha value is -2.43. The molecule has 0 spiro atoms. The van der Waals surface area contributed by atoms with Crippen molar-refractivity contribution in [1.82, 2.24) is 4.98 Å². The van der Waals surface area contributed by atoms with E-state index in [1.165, 1.54) is 0 Å². The number of anilines is 1. The SMILES string of the molecule is COc1cc(OC)c(-c2ccc(N)nc2)c(OC)c1. The number of nitrogens with zero attached hydrogens (tertiary/aromatic N) is 1. The summed E-state index contributed by atoms with van der Waals surface area (Å²) in [6, 6.07) is 7.20. The normalized spacial score (nSPS) is 10.1. The van der Waals surface area contributed by atoms with Gasteiger partial charge < -0.3 is 19.9 Å². The quantitative estimate of drug-likeness (QED) is 0.914. The standard InChI is InChI=1S/C14H16N2O3/c1-17-10-6-11(18-2)14(12(7-10)19-3)9-4-5-13(15)16-8-9/h4-8H,1-3H3,(H2,15,16). The molecule has 0 bridgehead atoms. The maximum absolute atomic E-state index is 5.60. The van der Waals surface area contributed by atoms with Crippen LogP contribution in [0.1, 0.15) is 0 Å². The number of ether oxygens (including phenoxy) is 3. The summed E-state index contributed by atoms with van der Waals surface area (Å²) in [4.78, 5) is 4.08. The van der Waals surface area contributed by atoms with Gasteiger partial charge in [0.2, 0.25) is 0 Å². The lowest BCUT2D eigenvalue weighted by molar-refractivity contribution is 0.377. The molecule has 100 valence electrons. The lowest BCUT2D eigenvalue weighted by atomic mass is 10.0. The Morgan fingerprint density at radius 2 is 1.58 bits per heavy atom. The molecule has 2 aromatic rings. The van der Waals surface area contributed by atoms with Crippen LogP contribution in [0.4, 0.5) is 5.82 Å². The highest BCUT2D eigenvalue weighted by atomic mass is 16.5. The molecule has 0 unspecified atom stereocenters. The summed E-state index contributed by atoms with van der Waals surface area (Å²) >= 11 is 0. The van der Waals surface area contributed by atoms with Crippen molar-refractivity contribution in [3.05, 3.63) is 30.5 Å². The minimum atomic E-state index is 0.468. The summed E-state index contributed by atoms with van der Waals surface area (Å²) < 4.78 is 16.0. The van der Waals surface area contributed by atoms with Gasteiger partial charge in [-0.15, -0.1) is 0 Å². The number of hydrogen-bond acceptors (Lipinski definition) is 5. The number of aromatic nitrogens is 1. The lowest BCUT2D eigenvalue weighted by Crippen LogP contribution is -1.96. The highest BCUT2D eigenvalue weighted by Crippen LogP contribution is 2.41. The summed E-state index contributed by atoms with van der Waals surface area (Å²) in [6.07, 6.45) is 1.68. The third kappa shape index (κ3) is 2.54. The van der Waals surface area contributed by atoms with Crippen LogP contribution < -0.4 is 19.9 Å². The van der Waals surface area contributed by atoms with Crippen LogP contribution >= 0.6 is 0 Å². The average molecular weight is 260 g/mol. The Morgan fingerprint density at radius 1 is 0.947 bits per heavy atom. The molecule has 0 amide bonds. The summed E-state index contributed by atoms with van der Waals surface area (Å²) in [5, 5.41) is 0. The molecule has 19 heavy (non-hydrogen) atoms. The Kier molecular flexibility index (Phi) is 3.75. The van der Waals surface area contributed by atoms with Gasteiger partial charge >= 0.3 is 0 Å². The van der Waals surface area contributed by atoms with Crippen LogP contribution in [0.25, 0.3) is 11.1 Å². The number of methoxy groups -OCH3 is 3. The molecule has 1 aromatic heterocycles. The fourth-order valence-corrected chi connectivity index (χ4v) is 1.84. The van der Waals surface area contributed by atoms with Crippen LogP contribution in [0.3, 0.4) is 0 Å². The fourth-order valence-electron chi connectivity index (χ4n) is 1.84. The third-order valence-electron chi connectivity index (χ3n) is 2.79. The first-order valence-electron chi connectivity index (χ1n) is 5.71. The zero-order valence-electron chi connectivity index (χ0n) is 11.1. The van der Waals surface area contributed by atoms with E-state index in [1.54, 1.807) is 45.7 Å². The zero-order valence-corrected chi connectivity index (χ0v) is 11.1. The topological polar surface area (TPSA) is 66.6 Å². The number of rotatable bonds is 4. The molecule has 0 aliphatic carbocycles. The first-order valence-corrected chi connectivity index (χ1v) is 5.71. The summed E-state index contributed by atoms with van der Waals surface area (Å²) in [6.45, 7) is 0. The van der Waals surface area contributed by atoms with Gasteiger partial charge in [-0.1, -0.05) is 0 Å². The molecule has 5 heteroatoms. The molecule has 0 aliphatic heterocycles. The van der Waals surface area contributed by atoms with Crippen LogP contribution in [-0.4, -0.2) is 26.3 Å². The van der Waals surface area contributed by atoms with Crippen molar-refractivity contribution in [2.75, 3.05) is 27.1 Å². The summed E-state index contributed by atoms with van der Waals surface area (Å²) in [5.74, 6) is 2.45. The van der Waals surface area contributed by atoms with Crippen molar-refractivity contribution in [3.63, 3.8) is 0 Å². The number of nitrogen functional groups attached to an aromatic ring is 1. The van der Waals surface area contributed by atoms with E-state index in [0.717, 1.165) is 11.1 Å². The van der Waals surface area contributed by atoms with Crippen molar-refractivity contribution in [1.29, 1.82) is 0 Å². The minimum absolute atomic E-state index is 0.468. The van der Waals surface area contributed by atoms with E-state index in [9.17, 15) is 0 Å². The fraction of sp³-hybridized carbons (Fsp3) is 0.214. The number of pyridine rings is 1. The maximum atomic E-state index is 5.60. The Bertz CT molecular complexity index is 542. The first kappa shape index (κ1) is 13.0. The molecule has 1 heterocycles. The van der Waals surface area contributed by atoms with Gasteiger partial charge in [0.05, 0.1) is 26.9 Å². The van der Waals surface area contributed by atoms with Crippen LogP contribution in [-0.2, 0) is 0 Å². The van der Waals surface area contributed by atoms with E-state index < -0.39 is 0 Å². The highest BCUT2D eigenvalue weighted by molar-refractivity contribution is 5.78. The van der Waals surface area contributed by atoms with E-state index in [-0.39, 0.29) is 0 Å². The molecule has 1 aromatic carbocycles. The zero-order chi connectivity index (χ0) is 13.8. The molecule has 0 fully saturated rings. The monoisotopic (exact) mass is 260 g/mol. The predicted molar refractivity (Wildman–Crippen MR) is 73.7 cm³/mol. The van der Waals surface area contributed by atoms with Crippen LogP contribution in [0.5, 0.6) is 17.2 Å². The Balaban J connectivity index is 2.63. The molecular weight excluding hydrogens is 244 g/mol. The second-order valence-corrected chi connectivity index (χ2v) is 3.88. The molecule has 0 saturated carbocycles. The van der Waals surface area contributed by atoms with Crippen molar-refractivity contribution >= 4 is 5.82 Å². The average Bonchev–Trinajstić information content (AvgIpc) is 2.46. The van der Waals surface area contributed by atoms with Gasteiger partial charge in [-0.25, -0.2) is 4.98 Å². The maximum Gasteiger partial charge on any atom is 0.134 e. The van der Waals surface area contributed by atoms with Gasteiger partial charge in [-0.3, -0.25) is 0 Å². The van der Waals surface area contributed by atoms with Gasteiger partial charge in [-0.2, -0.15) is 0 Å². The molecule has 0 saturated heterocycles. The van der Waals surface area contributed by atoms with E-state index >= 15 is 0 Å². The second-order valence-electron chi connectivity index (χ2n) is 3.88. The van der Waals surface area contributed by atoms with Gasteiger partial charge in [0.15, 0.2) is 0 Å². The van der Waals surface area contributed by atoms with E-state index in [1.807, 2.05) is 6.07 Å². The van der Waals surface area contributed by atoms with Crippen LogP contribution in [0.15, 0.2) is 30.5 Å². The molecule has 0 atom stereocenters. The first-order chi connectivity index (χ1) is 9.19. The lowest BCUT2D eigenvalue weighted by Gasteiger charge is -2.15. The summed E-state index contributed by atoms with van der Waals surface area (Å²) in [7, 11) is 4.80. The van der Waals surface area contributed by atoms with Crippen molar-refractivity contribution in [2.24, 2.45) is 0 Å². The van der Waals surface area contributed by atoms with Gasteiger partial charge in [0, 0.05) is 23.9 Å². The molecule has 2 rings (SSSR count). The minimum Gasteiger partial charge on any atom is -0.496 e. The highest BCUT2D eigenvalue weighted by Gasteiger charge is 2.15. The van der Waals surface area contributed by atoms with Crippen molar-refractivity contribution in [3.8, 4) is 28.4 Å². The van der Waals surface area contributed by atoms with Crippen LogP contribution in [0.2, 0.25) is 0 Å².